The fraction of sp³-hybridized carbons (Fsp3) is 0.500. The van der Waals surface area contributed by atoms with Crippen LogP contribution in [0.2, 0.25) is 0 Å². The van der Waals surface area contributed by atoms with E-state index in [1.54, 1.807) is 0 Å². The number of carboxylic acid groups (broad SMARTS) is 1. The van der Waals surface area contributed by atoms with Crippen molar-refractivity contribution in [2.24, 2.45) is 0 Å². The Bertz CT molecular complexity index is 443. The molecule has 0 fully saturated rings. The van der Waals surface area contributed by atoms with Gasteiger partial charge in [-0.2, -0.15) is 0 Å². The highest BCUT2D eigenvalue weighted by molar-refractivity contribution is 5.69. The van der Waals surface area contributed by atoms with Crippen LogP contribution in [-0.2, 0) is 17.8 Å². The van der Waals surface area contributed by atoms with Crippen LogP contribution >= 0.6 is 0 Å². The molecule has 98 valence electrons. The van der Waals surface area contributed by atoms with E-state index in [1.807, 2.05) is 30.9 Å². The van der Waals surface area contributed by atoms with Crippen molar-refractivity contribution in [1.82, 2.24) is 4.90 Å². The molecule has 0 bridgehead atoms. The summed E-state index contributed by atoms with van der Waals surface area (Å²) in [6, 6.07) is 6.08. The summed E-state index contributed by atoms with van der Waals surface area (Å²) in [5.74, 6) is 0.133. The van der Waals surface area contributed by atoms with Crippen LogP contribution in [0.25, 0.3) is 0 Å². The zero-order chi connectivity index (χ0) is 13.1. The van der Waals surface area contributed by atoms with Crippen LogP contribution in [0.15, 0.2) is 18.2 Å². The number of rotatable bonds is 4. The van der Waals surface area contributed by atoms with Crippen LogP contribution < -0.4 is 4.74 Å². The molecule has 4 heteroatoms. The summed E-state index contributed by atoms with van der Waals surface area (Å²) in [4.78, 5) is 12.6. The molecular formula is C14H19NO3. The van der Waals surface area contributed by atoms with E-state index in [-0.39, 0.29) is 12.6 Å². The van der Waals surface area contributed by atoms with Crippen molar-refractivity contribution in [2.75, 3.05) is 13.1 Å². The molecule has 18 heavy (non-hydrogen) atoms. The molecule has 1 aliphatic heterocycles. The van der Waals surface area contributed by atoms with Crippen molar-refractivity contribution in [3.05, 3.63) is 29.3 Å². The Morgan fingerprint density at radius 1 is 1.44 bits per heavy atom. The molecule has 0 radical (unpaired) electrons. The van der Waals surface area contributed by atoms with Gasteiger partial charge in [-0.1, -0.05) is 6.07 Å². The van der Waals surface area contributed by atoms with Gasteiger partial charge in [-0.3, -0.25) is 9.69 Å². The molecule has 1 aromatic carbocycles. The minimum atomic E-state index is -0.766. The predicted octanol–water partition coefficient (Wildman–Crippen LogP) is 1.92. The third-order valence-electron chi connectivity index (χ3n) is 3.00. The standard InChI is InChI=1S/C14H19NO3/c1-10(2)18-13-4-3-12-8-15(9-14(16)17)6-5-11(12)7-13/h3-4,7,10H,5-6,8-9H2,1-2H3,(H,16,17). The van der Waals surface area contributed by atoms with E-state index < -0.39 is 5.97 Å². The molecule has 4 nitrogen and oxygen atoms in total. The van der Waals surface area contributed by atoms with Gasteiger partial charge >= 0.3 is 5.97 Å². The maximum absolute atomic E-state index is 10.7. The lowest BCUT2D eigenvalue weighted by Gasteiger charge is -2.27. The average Bonchev–Trinajstić information content (AvgIpc) is 2.27. The molecule has 0 unspecified atom stereocenters. The maximum Gasteiger partial charge on any atom is 0.317 e. The summed E-state index contributed by atoms with van der Waals surface area (Å²) in [6.07, 6.45) is 1.06. The molecule has 0 aliphatic carbocycles. The van der Waals surface area contributed by atoms with Crippen molar-refractivity contribution in [1.29, 1.82) is 0 Å². The number of fused-ring (bicyclic) bond motifs is 1. The molecule has 1 heterocycles. The van der Waals surface area contributed by atoms with Crippen LogP contribution in [-0.4, -0.2) is 35.2 Å². The Morgan fingerprint density at radius 3 is 2.89 bits per heavy atom. The lowest BCUT2D eigenvalue weighted by Crippen LogP contribution is -2.34. The van der Waals surface area contributed by atoms with Gasteiger partial charge in [-0.05, 0) is 43.5 Å². The summed E-state index contributed by atoms with van der Waals surface area (Å²) in [5, 5.41) is 8.80. The number of aliphatic carboxylic acids is 1. The molecule has 1 N–H and O–H groups in total. The summed E-state index contributed by atoms with van der Waals surface area (Å²) in [7, 11) is 0. The van der Waals surface area contributed by atoms with Gasteiger partial charge in [-0.15, -0.1) is 0 Å². The first-order chi connectivity index (χ1) is 8.54. The van der Waals surface area contributed by atoms with Crippen molar-refractivity contribution < 1.29 is 14.6 Å². The smallest absolute Gasteiger partial charge is 0.317 e. The third-order valence-corrected chi connectivity index (χ3v) is 3.00. The Balaban J connectivity index is 2.08. The average molecular weight is 249 g/mol. The van der Waals surface area contributed by atoms with E-state index in [9.17, 15) is 4.79 Å². The SMILES string of the molecule is CC(C)Oc1ccc2c(c1)CCN(CC(=O)O)C2. The Kier molecular flexibility index (Phi) is 3.87. The highest BCUT2D eigenvalue weighted by atomic mass is 16.5. The minimum Gasteiger partial charge on any atom is -0.491 e. The van der Waals surface area contributed by atoms with Gasteiger partial charge in [0.25, 0.3) is 0 Å². The predicted molar refractivity (Wildman–Crippen MR) is 68.8 cm³/mol. The number of carboxylic acids is 1. The minimum absolute atomic E-state index is 0.115. The maximum atomic E-state index is 10.7. The van der Waals surface area contributed by atoms with E-state index in [0.29, 0.717) is 6.54 Å². The van der Waals surface area contributed by atoms with Crippen molar-refractivity contribution in [3.63, 3.8) is 0 Å². The van der Waals surface area contributed by atoms with E-state index >= 15 is 0 Å². The molecule has 1 aliphatic rings. The van der Waals surface area contributed by atoms with Gasteiger partial charge in [-0.25, -0.2) is 0 Å². The molecule has 2 rings (SSSR count). The third kappa shape index (κ3) is 3.23. The molecule has 0 aromatic heterocycles. The highest BCUT2D eigenvalue weighted by Crippen LogP contribution is 2.24. The molecule has 0 saturated heterocycles. The normalized spacial score (nSPS) is 15.5. The Labute approximate surface area is 107 Å². The lowest BCUT2D eigenvalue weighted by molar-refractivity contribution is -0.138. The molecule has 1 aromatic rings. The largest absolute Gasteiger partial charge is 0.491 e. The summed E-state index contributed by atoms with van der Waals surface area (Å²) in [5.41, 5.74) is 2.48. The van der Waals surface area contributed by atoms with Gasteiger partial charge in [0, 0.05) is 13.1 Å². The number of carbonyl (C=O) groups is 1. The zero-order valence-electron chi connectivity index (χ0n) is 10.8. The van der Waals surface area contributed by atoms with E-state index in [4.69, 9.17) is 9.84 Å². The van der Waals surface area contributed by atoms with Crippen molar-refractivity contribution >= 4 is 5.97 Å². The molecular weight excluding hydrogens is 230 g/mol. The second kappa shape index (κ2) is 5.40. The number of hydrogen-bond acceptors (Lipinski definition) is 3. The first-order valence-corrected chi connectivity index (χ1v) is 6.27. The van der Waals surface area contributed by atoms with Gasteiger partial charge < -0.3 is 9.84 Å². The van der Waals surface area contributed by atoms with E-state index in [2.05, 4.69) is 6.07 Å². The fourth-order valence-electron chi connectivity index (χ4n) is 2.26. The molecule has 0 saturated carbocycles. The van der Waals surface area contributed by atoms with Crippen LogP contribution in [0.3, 0.4) is 0 Å². The quantitative estimate of drug-likeness (QED) is 0.885. The summed E-state index contributed by atoms with van der Waals surface area (Å²) >= 11 is 0. The topological polar surface area (TPSA) is 49.8 Å². The summed E-state index contributed by atoms with van der Waals surface area (Å²) < 4.78 is 5.66. The zero-order valence-corrected chi connectivity index (χ0v) is 10.8. The van der Waals surface area contributed by atoms with Crippen molar-refractivity contribution in [2.45, 2.75) is 32.9 Å². The van der Waals surface area contributed by atoms with E-state index in [1.165, 1.54) is 11.1 Å². The first kappa shape index (κ1) is 12.9. The molecule has 0 atom stereocenters. The number of ether oxygens (including phenoxy) is 1. The van der Waals surface area contributed by atoms with Crippen LogP contribution in [0.4, 0.5) is 0 Å². The van der Waals surface area contributed by atoms with Crippen molar-refractivity contribution in [3.8, 4) is 5.75 Å². The van der Waals surface area contributed by atoms with Gasteiger partial charge in [0.05, 0.1) is 12.6 Å². The highest BCUT2D eigenvalue weighted by Gasteiger charge is 2.18. The summed E-state index contributed by atoms with van der Waals surface area (Å²) in [6.45, 7) is 5.64. The number of nitrogens with zero attached hydrogens (tertiary/aromatic N) is 1. The van der Waals surface area contributed by atoms with Crippen LogP contribution in [0.1, 0.15) is 25.0 Å². The van der Waals surface area contributed by atoms with Gasteiger partial charge in [0.15, 0.2) is 0 Å². The first-order valence-electron chi connectivity index (χ1n) is 6.27. The molecule has 0 spiro atoms. The lowest BCUT2D eigenvalue weighted by atomic mass is 9.99. The Hall–Kier alpha value is -1.55. The van der Waals surface area contributed by atoms with Gasteiger partial charge in [0.2, 0.25) is 0 Å². The van der Waals surface area contributed by atoms with Gasteiger partial charge in [0.1, 0.15) is 5.75 Å². The second-order valence-corrected chi connectivity index (χ2v) is 4.95. The molecule has 0 amide bonds. The van der Waals surface area contributed by atoms with E-state index in [0.717, 1.165) is 18.7 Å². The van der Waals surface area contributed by atoms with Crippen LogP contribution in [0.5, 0.6) is 5.75 Å². The number of hydrogen-bond donors (Lipinski definition) is 1. The van der Waals surface area contributed by atoms with Crippen LogP contribution in [0, 0.1) is 0 Å². The number of benzene rings is 1. The second-order valence-electron chi connectivity index (χ2n) is 4.95. The fourth-order valence-corrected chi connectivity index (χ4v) is 2.26. The monoisotopic (exact) mass is 249 g/mol. The Morgan fingerprint density at radius 2 is 2.22 bits per heavy atom.